The number of carbonyl (C=O) groups is 1. The Hall–Kier alpha value is -1.84. The summed E-state index contributed by atoms with van der Waals surface area (Å²) in [6.45, 7) is 0. The van der Waals surface area contributed by atoms with Crippen molar-refractivity contribution in [2.24, 2.45) is 0 Å². The maximum absolute atomic E-state index is 11.2. The van der Waals surface area contributed by atoms with Gasteiger partial charge in [-0.3, -0.25) is 9.89 Å². The Morgan fingerprint density at radius 1 is 1.40 bits per heavy atom. The number of amides is 1. The van der Waals surface area contributed by atoms with Crippen molar-refractivity contribution in [3.8, 4) is 0 Å². The molecule has 2 N–H and O–H groups in total. The van der Waals surface area contributed by atoms with Crippen LogP contribution in [0.3, 0.4) is 0 Å². The first-order chi connectivity index (χ1) is 7.34. The van der Waals surface area contributed by atoms with Crippen LogP contribution >= 0.6 is 0 Å². The molecular formula is C11H11N3O. The molecule has 1 aliphatic heterocycles. The van der Waals surface area contributed by atoms with Gasteiger partial charge in [-0.15, -0.1) is 0 Å². The van der Waals surface area contributed by atoms with Gasteiger partial charge in [0.05, 0.1) is 17.8 Å². The molecule has 1 aromatic heterocycles. The summed E-state index contributed by atoms with van der Waals surface area (Å²) in [7, 11) is 0. The van der Waals surface area contributed by atoms with Crippen molar-refractivity contribution in [1.29, 1.82) is 0 Å². The molecule has 0 aliphatic carbocycles. The largest absolute Gasteiger partial charge is 0.349 e. The van der Waals surface area contributed by atoms with Crippen LogP contribution in [0, 0.1) is 0 Å². The van der Waals surface area contributed by atoms with E-state index in [0.717, 1.165) is 22.9 Å². The summed E-state index contributed by atoms with van der Waals surface area (Å²) in [6.07, 6.45) is 3.29. The minimum atomic E-state index is 0.136. The van der Waals surface area contributed by atoms with Gasteiger partial charge in [0, 0.05) is 17.4 Å². The molecule has 1 fully saturated rings. The highest BCUT2D eigenvalue weighted by Crippen LogP contribution is 2.28. The molecule has 15 heavy (non-hydrogen) atoms. The smallest absolute Gasteiger partial charge is 0.220 e. The SMILES string of the molecule is O=C1CCC(c2cccc3cn[nH]c23)N1. The quantitative estimate of drug-likeness (QED) is 0.734. The third kappa shape index (κ3) is 1.29. The van der Waals surface area contributed by atoms with Crippen LogP contribution in [0.1, 0.15) is 24.4 Å². The van der Waals surface area contributed by atoms with Gasteiger partial charge >= 0.3 is 0 Å². The fourth-order valence-corrected chi connectivity index (χ4v) is 2.13. The van der Waals surface area contributed by atoms with Gasteiger partial charge in [0.2, 0.25) is 5.91 Å². The summed E-state index contributed by atoms with van der Waals surface area (Å²) < 4.78 is 0. The van der Waals surface area contributed by atoms with Gasteiger partial charge in [-0.25, -0.2) is 0 Å². The topological polar surface area (TPSA) is 57.8 Å². The Morgan fingerprint density at radius 2 is 2.33 bits per heavy atom. The molecule has 0 radical (unpaired) electrons. The number of rotatable bonds is 1. The highest BCUT2D eigenvalue weighted by molar-refractivity contribution is 5.84. The zero-order chi connectivity index (χ0) is 10.3. The molecule has 1 aliphatic rings. The summed E-state index contributed by atoms with van der Waals surface area (Å²) >= 11 is 0. The maximum atomic E-state index is 11.2. The van der Waals surface area contributed by atoms with Crippen molar-refractivity contribution in [3.05, 3.63) is 30.0 Å². The Kier molecular flexibility index (Phi) is 1.74. The summed E-state index contributed by atoms with van der Waals surface area (Å²) in [5, 5.41) is 11.0. The monoisotopic (exact) mass is 201 g/mol. The highest BCUT2D eigenvalue weighted by Gasteiger charge is 2.23. The zero-order valence-electron chi connectivity index (χ0n) is 8.16. The number of carbonyl (C=O) groups excluding carboxylic acids is 1. The molecule has 1 unspecified atom stereocenters. The predicted octanol–water partition coefficient (Wildman–Crippen LogP) is 1.51. The number of benzene rings is 1. The van der Waals surface area contributed by atoms with Gasteiger partial charge in [-0.05, 0) is 6.42 Å². The Bertz CT molecular complexity index is 517. The number of hydrogen-bond acceptors (Lipinski definition) is 2. The second kappa shape index (κ2) is 3.08. The lowest BCUT2D eigenvalue weighted by atomic mass is 10.0. The van der Waals surface area contributed by atoms with E-state index >= 15 is 0 Å². The third-order valence-corrected chi connectivity index (χ3v) is 2.88. The second-order valence-electron chi connectivity index (χ2n) is 3.84. The van der Waals surface area contributed by atoms with Gasteiger partial charge in [-0.2, -0.15) is 5.10 Å². The molecule has 2 heterocycles. The average Bonchev–Trinajstić information content (AvgIpc) is 2.84. The Balaban J connectivity index is 2.10. The number of fused-ring (bicyclic) bond motifs is 1. The van der Waals surface area contributed by atoms with Crippen molar-refractivity contribution in [2.45, 2.75) is 18.9 Å². The summed E-state index contributed by atoms with van der Waals surface area (Å²) in [6, 6.07) is 6.19. The molecule has 4 heteroatoms. The van der Waals surface area contributed by atoms with E-state index in [2.05, 4.69) is 15.5 Å². The van der Waals surface area contributed by atoms with Crippen molar-refractivity contribution >= 4 is 16.8 Å². The lowest BCUT2D eigenvalue weighted by Gasteiger charge is -2.10. The molecule has 2 aromatic rings. The maximum Gasteiger partial charge on any atom is 0.220 e. The number of nitrogens with zero attached hydrogens (tertiary/aromatic N) is 1. The first-order valence-electron chi connectivity index (χ1n) is 5.06. The van der Waals surface area contributed by atoms with Crippen LogP contribution in [0.4, 0.5) is 0 Å². The van der Waals surface area contributed by atoms with E-state index in [0.29, 0.717) is 6.42 Å². The lowest BCUT2D eigenvalue weighted by molar-refractivity contribution is -0.119. The fourth-order valence-electron chi connectivity index (χ4n) is 2.13. The van der Waals surface area contributed by atoms with Crippen LogP contribution in [-0.2, 0) is 4.79 Å². The van der Waals surface area contributed by atoms with E-state index in [1.165, 1.54) is 0 Å². The Morgan fingerprint density at radius 3 is 3.13 bits per heavy atom. The van der Waals surface area contributed by atoms with E-state index in [-0.39, 0.29) is 11.9 Å². The van der Waals surface area contributed by atoms with E-state index in [1.54, 1.807) is 6.20 Å². The number of aromatic amines is 1. The average molecular weight is 201 g/mol. The van der Waals surface area contributed by atoms with Crippen LogP contribution in [-0.4, -0.2) is 16.1 Å². The van der Waals surface area contributed by atoms with Crippen LogP contribution in [0.25, 0.3) is 10.9 Å². The van der Waals surface area contributed by atoms with Crippen molar-refractivity contribution in [3.63, 3.8) is 0 Å². The molecule has 76 valence electrons. The first kappa shape index (κ1) is 8.47. The van der Waals surface area contributed by atoms with Crippen LogP contribution in [0.2, 0.25) is 0 Å². The van der Waals surface area contributed by atoms with Crippen LogP contribution < -0.4 is 5.32 Å². The van der Waals surface area contributed by atoms with Gasteiger partial charge < -0.3 is 5.32 Å². The highest BCUT2D eigenvalue weighted by atomic mass is 16.1. The van der Waals surface area contributed by atoms with Gasteiger partial charge in [0.1, 0.15) is 0 Å². The number of H-pyrrole nitrogens is 1. The Labute approximate surface area is 86.7 Å². The van der Waals surface area contributed by atoms with Gasteiger partial charge in [0.15, 0.2) is 0 Å². The molecule has 4 nitrogen and oxygen atoms in total. The molecule has 1 amide bonds. The fraction of sp³-hybridized carbons (Fsp3) is 0.273. The molecule has 0 spiro atoms. The first-order valence-corrected chi connectivity index (χ1v) is 5.06. The molecule has 0 bridgehead atoms. The van der Waals surface area contributed by atoms with E-state index in [1.807, 2.05) is 18.2 Å². The summed E-state index contributed by atoms with van der Waals surface area (Å²) in [5.41, 5.74) is 2.17. The minimum absolute atomic E-state index is 0.136. The summed E-state index contributed by atoms with van der Waals surface area (Å²) in [4.78, 5) is 11.2. The number of hydrogen-bond donors (Lipinski definition) is 2. The van der Waals surface area contributed by atoms with Gasteiger partial charge in [-0.1, -0.05) is 18.2 Å². The van der Waals surface area contributed by atoms with Crippen LogP contribution in [0.15, 0.2) is 24.4 Å². The van der Waals surface area contributed by atoms with E-state index in [4.69, 9.17) is 0 Å². The molecule has 1 atom stereocenters. The minimum Gasteiger partial charge on any atom is -0.349 e. The molecule has 0 saturated carbocycles. The molecule has 1 aromatic carbocycles. The predicted molar refractivity (Wildman–Crippen MR) is 56.2 cm³/mol. The molecule has 3 rings (SSSR count). The molecular weight excluding hydrogens is 190 g/mol. The normalized spacial score (nSPS) is 20.8. The third-order valence-electron chi connectivity index (χ3n) is 2.88. The summed E-state index contributed by atoms with van der Waals surface area (Å²) in [5.74, 6) is 0.136. The van der Waals surface area contributed by atoms with Crippen molar-refractivity contribution in [2.75, 3.05) is 0 Å². The zero-order valence-corrected chi connectivity index (χ0v) is 8.16. The lowest BCUT2D eigenvalue weighted by Crippen LogP contribution is -2.18. The number of aromatic nitrogens is 2. The van der Waals surface area contributed by atoms with Crippen LogP contribution in [0.5, 0.6) is 0 Å². The standard InChI is InChI=1S/C11H11N3O/c15-10-5-4-9(13-10)8-3-1-2-7-6-12-14-11(7)8/h1-3,6,9H,4-5H2,(H,12,14)(H,13,15). The van der Waals surface area contributed by atoms with E-state index < -0.39 is 0 Å². The number of nitrogens with one attached hydrogen (secondary N) is 2. The van der Waals surface area contributed by atoms with Crippen molar-refractivity contribution < 1.29 is 4.79 Å². The van der Waals surface area contributed by atoms with E-state index in [9.17, 15) is 4.79 Å². The van der Waals surface area contributed by atoms with Gasteiger partial charge in [0.25, 0.3) is 0 Å². The van der Waals surface area contributed by atoms with Crippen molar-refractivity contribution in [1.82, 2.24) is 15.5 Å². The molecule has 1 saturated heterocycles. The number of para-hydroxylation sites is 1. The second-order valence-corrected chi connectivity index (χ2v) is 3.84.